The van der Waals surface area contributed by atoms with Crippen molar-refractivity contribution in [2.45, 2.75) is 44.2 Å². The first-order valence-electron chi connectivity index (χ1n) is 12.1. The van der Waals surface area contributed by atoms with Crippen LogP contribution in [-0.2, 0) is 4.79 Å². The average Bonchev–Trinajstić information content (AvgIpc) is 3.44. The van der Waals surface area contributed by atoms with Crippen molar-refractivity contribution in [3.63, 3.8) is 0 Å². The highest BCUT2D eigenvalue weighted by atomic mass is 16.3. The number of hydrogen-bond donors (Lipinski definition) is 2. The van der Waals surface area contributed by atoms with Gasteiger partial charge in [0.15, 0.2) is 0 Å². The molecular formula is C25H31N5O3. The Morgan fingerprint density at radius 3 is 2.67 bits per heavy atom. The van der Waals surface area contributed by atoms with Gasteiger partial charge in [0, 0.05) is 43.1 Å². The first kappa shape index (κ1) is 20.7. The average molecular weight is 450 g/mol. The quantitative estimate of drug-likeness (QED) is 0.734. The maximum Gasteiger partial charge on any atom is 0.314 e. The second-order valence-electron chi connectivity index (χ2n) is 10.3. The molecule has 174 valence electrons. The maximum atomic E-state index is 13.1. The van der Waals surface area contributed by atoms with E-state index in [1.165, 1.54) is 11.1 Å². The molecule has 3 aliphatic heterocycles. The fraction of sp³-hybridized carbons (Fsp3) is 0.560. The van der Waals surface area contributed by atoms with Gasteiger partial charge >= 0.3 is 6.03 Å². The van der Waals surface area contributed by atoms with Crippen LogP contribution in [-0.4, -0.2) is 68.7 Å². The van der Waals surface area contributed by atoms with E-state index < -0.39 is 6.03 Å². The minimum absolute atomic E-state index is 0.106. The lowest BCUT2D eigenvalue weighted by atomic mass is 9.53. The van der Waals surface area contributed by atoms with Crippen molar-refractivity contribution in [1.82, 2.24) is 19.4 Å². The third kappa shape index (κ3) is 3.10. The van der Waals surface area contributed by atoms with Crippen LogP contribution in [0.2, 0.25) is 0 Å². The molecular weight excluding hydrogens is 418 g/mol. The van der Waals surface area contributed by atoms with Crippen molar-refractivity contribution >= 4 is 11.9 Å². The number of primary amides is 1. The summed E-state index contributed by atoms with van der Waals surface area (Å²) in [6, 6.07) is 8.12. The van der Waals surface area contributed by atoms with Gasteiger partial charge in [-0.3, -0.25) is 4.79 Å². The summed E-state index contributed by atoms with van der Waals surface area (Å²) < 4.78 is 2.22. The second kappa shape index (κ2) is 7.58. The van der Waals surface area contributed by atoms with Gasteiger partial charge < -0.3 is 25.2 Å². The number of nitrogens with zero attached hydrogens (tertiary/aromatic N) is 4. The van der Waals surface area contributed by atoms with E-state index in [2.05, 4.69) is 33.8 Å². The number of benzene rings is 1. The molecule has 1 spiro atoms. The van der Waals surface area contributed by atoms with Crippen LogP contribution in [0.3, 0.4) is 0 Å². The monoisotopic (exact) mass is 449 g/mol. The highest BCUT2D eigenvalue weighted by molar-refractivity contribution is 5.80. The summed E-state index contributed by atoms with van der Waals surface area (Å²) in [4.78, 5) is 32.5. The van der Waals surface area contributed by atoms with E-state index in [9.17, 15) is 14.7 Å². The molecule has 4 atom stereocenters. The molecule has 1 aliphatic carbocycles. The predicted octanol–water partition coefficient (Wildman–Crippen LogP) is 2.23. The number of likely N-dealkylation sites (tertiary alicyclic amines) is 2. The van der Waals surface area contributed by atoms with E-state index in [0.717, 1.165) is 37.8 Å². The van der Waals surface area contributed by atoms with Gasteiger partial charge in [-0.1, -0.05) is 24.3 Å². The molecule has 3 N–H and O–H groups in total. The van der Waals surface area contributed by atoms with Gasteiger partial charge in [-0.15, -0.1) is 0 Å². The summed E-state index contributed by atoms with van der Waals surface area (Å²) >= 11 is 0. The molecule has 1 saturated carbocycles. The number of hydrogen-bond acceptors (Lipinski definition) is 4. The number of rotatable bonds is 2. The van der Waals surface area contributed by atoms with Crippen LogP contribution in [0.4, 0.5) is 4.79 Å². The molecule has 33 heavy (non-hydrogen) atoms. The van der Waals surface area contributed by atoms with E-state index in [-0.39, 0.29) is 35.3 Å². The van der Waals surface area contributed by atoms with Crippen molar-refractivity contribution in [2.75, 3.05) is 26.2 Å². The number of fused-ring (bicyclic) bond motifs is 3. The zero-order valence-electron chi connectivity index (χ0n) is 18.8. The van der Waals surface area contributed by atoms with Crippen LogP contribution in [0, 0.1) is 17.3 Å². The van der Waals surface area contributed by atoms with Gasteiger partial charge in [-0.2, -0.15) is 0 Å². The number of carbonyl (C=O) groups excluding carboxylic acids is 2. The van der Waals surface area contributed by atoms with Crippen LogP contribution in [0.1, 0.15) is 43.7 Å². The van der Waals surface area contributed by atoms with Crippen molar-refractivity contribution < 1.29 is 14.7 Å². The fourth-order valence-electron chi connectivity index (χ4n) is 6.90. The fourth-order valence-corrected chi connectivity index (χ4v) is 6.90. The number of amides is 3. The largest absolute Gasteiger partial charge is 0.392 e. The van der Waals surface area contributed by atoms with E-state index in [1.807, 2.05) is 17.4 Å². The van der Waals surface area contributed by atoms with E-state index in [4.69, 9.17) is 5.73 Å². The van der Waals surface area contributed by atoms with Crippen molar-refractivity contribution in [2.24, 2.45) is 23.0 Å². The van der Waals surface area contributed by atoms with Crippen LogP contribution in [0.15, 0.2) is 36.8 Å². The van der Waals surface area contributed by atoms with Crippen LogP contribution >= 0.6 is 0 Å². The number of nitrogens with two attached hydrogens (primary N) is 1. The van der Waals surface area contributed by atoms with Gasteiger partial charge in [0.1, 0.15) is 0 Å². The molecule has 0 bridgehead atoms. The van der Waals surface area contributed by atoms with Crippen LogP contribution < -0.4 is 5.73 Å². The number of aromatic nitrogens is 2. The lowest BCUT2D eigenvalue weighted by Gasteiger charge is -2.58. The van der Waals surface area contributed by atoms with Gasteiger partial charge in [0.05, 0.1) is 36.3 Å². The third-order valence-electron chi connectivity index (χ3n) is 8.76. The summed E-state index contributed by atoms with van der Waals surface area (Å²) in [7, 11) is 0. The number of imidazole rings is 1. The zero-order valence-corrected chi connectivity index (χ0v) is 18.8. The van der Waals surface area contributed by atoms with E-state index in [0.29, 0.717) is 26.2 Å². The molecule has 4 aliphatic rings. The first-order valence-corrected chi connectivity index (χ1v) is 12.1. The number of aliphatic hydroxyl groups is 1. The van der Waals surface area contributed by atoms with Crippen LogP contribution in [0.25, 0.3) is 11.3 Å². The zero-order chi connectivity index (χ0) is 22.7. The minimum Gasteiger partial charge on any atom is -0.392 e. The summed E-state index contributed by atoms with van der Waals surface area (Å²) in [5.41, 5.74) is 8.94. The standard InChI is InChI=1S/C25H31N5O3/c26-24(33)29-9-3-4-16(14-29)23(32)28-10-7-25(8-11-28)12-19(22(25)31)21-18-6-2-1-5-17(18)20-13-27-15-30(20)21/h1-2,5-6,13,15-16,19,21-22,31H,3-4,7-12,14H2,(H2,26,33). The molecule has 2 saturated heterocycles. The Balaban J connectivity index is 1.12. The van der Waals surface area contributed by atoms with E-state index in [1.54, 1.807) is 4.90 Å². The first-order chi connectivity index (χ1) is 16.0. The van der Waals surface area contributed by atoms with Gasteiger partial charge in [-0.25, -0.2) is 9.78 Å². The molecule has 1 aromatic heterocycles. The number of carbonyl (C=O) groups is 2. The minimum atomic E-state index is -0.441. The molecule has 3 fully saturated rings. The normalized spacial score (nSPS) is 30.0. The molecule has 1 aromatic carbocycles. The molecule has 4 unspecified atom stereocenters. The maximum absolute atomic E-state index is 13.1. The Hall–Kier alpha value is -2.87. The summed E-state index contributed by atoms with van der Waals surface area (Å²) in [6.45, 7) is 2.41. The molecule has 6 rings (SSSR count). The Bertz CT molecular complexity index is 1090. The van der Waals surface area contributed by atoms with Crippen molar-refractivity contribution in [3.05, 3.63) is 42.4 Å². The predicted molar refractivity (Wildman–Crippen MR) is 122 cm³/mol. The number of piperidine rings is 2. The molecule has 4 heterocycles. The van der Waals surface area contributed by atoms with Gasteiger partial charge in [0.25, 0.3) is 0 Å². The summed E-state index contributed by atoms with van der Waals surface area (Å²) in [5.74, 6) is 0.134. The smallest absolute Gasteiger partial charge is 0.314 e. The third-order valence-corrected chi connectivity index (χ3v) is 8.76. The second-order valence-corrected chi connectivity index (χ2v) is 10.3. The summed E-state index contributed by atoms with van der Waals surface area (Å²) in [6.07, 6.45) is 7.65. The van der Waals surface area contributed by atoms with E-state index >= 15 is 0 Å². The number of aliphatic hydroxyl groups excluding tert-OH is 1. The van der Waals surface area contributed by atoms with Gasteiger partial charge in [-0.05, 0) is 37.7 Å². The lowest BCUT2D eigenvalue weighted by molar-refractivity contribution is -0.166. The molecule has 8 heteroatoms. The number of urea groups is 1. The lowest BCUT2D eigenvalue weighted by Crippen LogP contribution is -2.60. The Morgan fingerprint density at radius 2 is 1.91 bits per heavy atom. The van der Waals surface area contributed by atoms with Crippen molar-refractivity contribution in [3.8, 4) is 11.3 Å². The Labute approximate surface area is 193 Å². The SMILES string of the molecule is NC(=O)N1CCCC(C(=O)N2CCC3(CC2)CC(C2c4ccccc4-c4cncn42)C3O)C1. The molecule has 3 amide bonds. The highest BCUT2D eigenvalue weighted by Gasteiger charge is 2.58. The topological polar surface area (TPSA) is 105 Å². The molecule has 2 aromatic rings. The van der Waals surface area contributed by atoms with Crippen LogP contribution in [0.5, 0.6) is 0 Å². The highest BCUT2D eigenvalue weighted by Crippen LogP contribution is 2.59. The molecule has 0 radical (unpaired) electrons. The Kier molecular flexibility index (Phi) is 4.76. The Morgan fingerprint density at radius 1 is 1.12 bits per heavy atom. The van der Waals surface area contributed by atoms with Gasteiger partial charge in [0.2, 0.25) is 5.91 Å². The molecule has 8 nitrogen and oxygen atoms in total. The summed E-state index contributed by atoms with van der Waals surface area (Å²) in [5, 5.41) is 11.4. The van der Waals surface area contributed by atoms with Crippen molar-refractivity contribution in [1.29, 1.82) is 0 Å².